The topological polar surface area (TPSA) is 105 Å². The molecule has 1 saturated carbocycles. The monoisotopic (exact) mass is 494 g/mol. The Kier molecular flexibility index (Phi) is 7.41. The Hall–Kier alpha value is -3.38. The van der Waals surface area contributed by atoms with Crippen molar-refractivity contribution in [2.45, 2.75) is 51.5 Å². The third kappa shape index (κ3) is 5.49. The van der Waals surface area contributed by atoms with E-state index in [1.54, 1.807) is 19.1 Å². The van der Waals surface area contributed by atoms with Crippen LogP contribution >= 0.6 is 0 Å². The van der Waals surface area contributed by atoms with Gasteiger partial charge in [0.05, 0.1) is 47.1 Å². The molecule has 4 rings (SSSR count). The highest BCUT2D eigenvalue weighted by molar-refractivity contribution is 7.92. The second-order valence-corrected chi connectivity index (χ2v) is 10.8. The Bertz CT molecular complexity index is 1350. The van der Waals surface area contributed by atoms with E-state index in [2.05, 4.69) is 6.07 Å². The average Bonchev–Trinajstić information content (AvgIpc) is 3.47. The number of sulfonamides is 1. The second kappa shape index (κ2) is 10.5. The lowest BCUT2D eigenvalue weighted by molar-refractivity contribution is -0.142. The summed E-state index contributed by atoms with van der Waals surface area (Å²) in [5.41, 5.74) is 3.86. The van der Waals surface area contributed by atoms with E-state index in [1.165, 1.54) is 4.31 Å². The van der Waals surface area contributed by atoms with E-state index < -0.39 is 16.0 Å². The number of benzene rings is 2. The van der Waals surface area contributed by atoms with Crippen molar-refractivity contribution in [3.05, 3.63) is 59.4 Å². The Morgan fingerprint density at radius 1 is 1.20 bits per heavy atom. The summed E-state index contributed by atoms with van der Waals surface area (Å²) in [4.78, 5) is 16.6. The number of fused-ring (bicyclic) bond motifs is 1. The molecule has 0 amide bonds. The molecule has 0 spiro atoms. The Morgan fingerprint density at radius 2 is 1.91 bits per heavy atom. The van der Waals surface area contributed by atoms with Crippen LogP contribution in [0, 0.1) is 11.3 Å². The van der Waals surface area contributed by atoms with Crippen LogP contribution in [-0.4, -0.2) is 42.3 Å². The number of esters is 1. The van der Waals surface area contributed by atoms with Gasteiger partial charge in [-0.1, -0.05) is 25.0 Å². The fourth-order valence-electron chi connectivity index (χ4n) is 4.69. The van der Waals surface area contributed by atoms with Gasteiger partial charge in [0.25, 0.3) is 0 Å². The maximum absolute atomic E-state index is 13.4. The summed E-state index contributed by atoms with van der Waals surface area (Å²) in [5.74, 6) is 0.0570. The lowest BCUT2D eigenvalue weighted by Gasteiger charge is -2.30. The molecule has 8 nitrogen and oxygen atoms in total. The number of aryl methyl sites for hydroxylation is 1. The predicted molar refractivity (Wildman–Crippen MR) is 134 cm³/mol. The van der Waals surface area contributed by atoms with Gasteiger partial charge >= 0.3 is 5.97 Å². The highest BCUT2D eigenvalue weighted by Gasteiger charge is 2.33. The summed E-state index contributed by atoms with van der Waals surface area (Å²) < 4.78 is 35.2. The quantitative estimate of drug-likeness (QED) is 0.415. The fraction of sp³-hybridized carbons (Fsp3) is 0.423. The van der Waals surface area contributed by atoms with Crippen LogP contribution in [0.3, 0.4) is 0 Å². The van der Waals surface area contributed by atoms with Crippen LogP contribution in [0.5, 0.6) is 0 Å². The number of carbonyl (C=O) groups is 1. The number of aromatic nitrogens is 2. The van der Waals surface area contributed by atoms with Crippen molar-refractivity contribution in [1.29, 1.82) is 5.26 Å². The summed E-state index contributed by atoms with van der Waals surface area (Å²) >= 11 is 0. The number of hydrogen-bond acceptors (Lipinski definition) is 6. The van der Waals surface area contributed by atoms with Gasteiger partial charge in [-0.25, -0.2) is 13.4 Å². The van der Waals surface area contributed by atoms with E-state index in [4.69, 9.17) is 15.0 Å². The fourth-order valence-corrected chi connectivity index (χ4v) is 6.42. The van der Waals surface area contributed by atoms with E-state index in [9.17, 15) is 13.2 Å². The zero-order valence-corrected chi connectivity index (χ0v) is 20.9. The molecule has 0 radical (unpaired) electrons. The molecule has 0 bridgehead atoms. The Morgan fingerprint density at radius 3 is 2.57 bits per heavy atom. The van der Waals surface area contributed by atoms with Crippen LogP contribution in [0.15, 0.2) is 42.5 Å². The summed E-state index contributed by atoms with van der Waals surface area (Å²) in [6.45, 7) is 1.93. The lowest BCUT2D eigenvalue weighted by Crippen LogP contribution is -2.40. The lowest BCUT2D eigenvalue weighted by atomic mass is 10.1. The van der Waals surface area contributed by atoms with Gasteiger partial charge in [0, 0.05) is 19.5 Å². The van der Waals surface area contributed by atoms with Crippen molar-refractivity contribution in [3.8, 4) is 6.07 Å². The third-order valence-electron chi connectivity index (χ3n) is 6.48. The molecule has 1 fully saturated rings. The van der Waals surface area contributed by atoms with Crippen molar-refractivity contribution in [2.24, 2.45) is 7.05 Å². The maximum Gasteiger partial charge on any atom is 0.306 e. The van der Waals surface area contributed by atoms with Crippen molar-refractivity contribution in [2.75, 3.05) is 16.7 Å². The first-order chi connectivity index (χ1) is 16.8. The molecule has 0 atom stereocenters. The van der Waals surface area contributed by atoms with Crippen LogP contribution in [0.4, 0.5) is 5.69 Å². The van der Waals surface area contributed by atoms with Crippen LogP contribution in [-0.2, 0) is 33.0 Å². The zero-order chi connectivity index (χ0) is 25.0. The summed E-state index contributed by atoms with van der Waals surface area (Å²) in [5, 5.41) is 9.01. The van der Waals surface area contributed by atoms with Gasteiger partial charge in [0.1, 0.15) is 5.82 Å². The minimum atomic E-state index is -3.73. The summed E-state index contributed by atoms with van der Waals surface area (Å²) in [6, 6.07) is 15.0. The van der Waals surface area contributed by atoms with Crippen LogP contribution in [0.1, 0.15) is 56.0 Å². The van der Waals surface area contributed by atoms with Gasteiger partial charge < -0.3 is 9.30 Å². The molecule has 35 heavy (non-hydrogen) atoms. The number of hydrogen-bond donors (Lipinski definition) is 0. The number of rotatable bonds is 9. The number of imidazole rings is 1. The van der Waals surface area contributed by atoms with Crippen molar-refractivity contribution >= 4 is 32.7 Å². The molecule has 3 aromatic rings. The highest BCUT2D eigenvalue weighted by atomic mass is 32.2. The van der Waals surface area contributed by atoms with E-state index in [0.717, 1.165) is 48.1 Å². The molecule has 1 aliphatic carbocycles. The molecular weight excluding hydrogens is 464 g/mol. The van der Waals surface area contributed by atoms with Gasteiger partial charge in [0.2, 0.25) is 10.0 Å². The first kappa shape index (κ1) is 24.7. The molecule has 0 unspecified atom stereocenters. The SMILES string of the molecule is CCOC(=O)CCS(=O)(=O)N(c1ccc2c(c1)nc(Cc1ccc(C#N)cc1)n2C)C1CCCC1. The zero-order valence-electron chi connectivity index (χ0n) is 20.1. The molecule has 1 aliphatic rings. The third-order valence-corrected chi connectivity index (χ3v) is 8.31. The molecule has 184 valence electrons. The van der Waals surface area contributed by atoms with Crippen LogP contribution in [0.2, 0.25) is 0 Å². The molecule has 0 N–H and O–H groups in total. The van der Waals surface area contributed by atoms with Crippen molar-refractivity contribution in [3.63, 3.8) is 0 Å². The molecular formula is C26H30N4O4S. The number of ether oxygens (including phenoxy) is 1. The molecule has 2 aromatic carbocycles. The smallest absolute Gasteiger partial charge is 0.306 e. The number of nitriles is 1. The molecule has 0 saturated heterocycles. The number of anilines is 1. The van der Waals surface area contributed by atoms with Gasteiger partial charge in [-0.15, -0.1) is 0 Å². The van der Waals surface area contributed by atoms with Gasteiger partial charge in [-0.05, 0) is 55.7 Å². The number of nitrogens with zero attached hydrogens (tertiary/aromatic N) is 4. The highest BCUT2D eigenvalue weighted by Crippen LogP contribution is 2.33. The summed E-state index contributed by atoms with van der Waals surface area (Å²) in [6.07, 6.45) is 3.98. The van der Waals surface area contributed by atoms with Gasteiger partial charge in [-0.3, -0.25) is 9.10 Å². The largest absolute Gasteiger partial charge is 0.466 e. The number of carbonyl (C=O) groups excluding carboxylic acids is 1. The summed E-state index contributed by atoms with van der Waals surface area (Å²) in [7, 11) is -1.78. The van der Waals surface area contributed by atoms with E-state index >= 15 is 0 Å². The maximum atomic E-state index is 13.4. The second-order valence-electron chi connectivity index (χ2n) is 8.85. The minimum Gasteiger partial charge on any atom is -0.466 e. The molecule has 1 heterocycles. The van der Waals surface area contributed by atoms with E-state index in [-0.39, 0.29) is 24.8 Å². The normalized spacial score (nSPS) is 14.2. The molecule has 9 heteroatoms. The Balaban J connectivity index is 1.64. The van der Waals surface area contributed by atoms with Crippen LogP contribution < -0.4 is 4.31 Å². The minimum absolute atomic E-state index is 0.124. The predicted octanol–water partition coefficient (Wildman–Crippen LogP) is 4.07. The average molecular weight is 495 g/mol. The van der Waals surface area contributed by atoms with Gasteiger partial charge in [-0.2, -0.15) is 5.26 Å². The van der Waals surface area contributed by atoms with Crippen LogP contribution in [0.25, 0.3) is 11.0 Å². The molecule has 1 aromatic heterocycles. The standard InChI is InChI=1S/C26H30N4O4S/c1-3-34-26(31)14-15-35(32,33)30(21-6-4-5-7-21)22-12-13-24-23(17-22)28-25(29(24)2)16-19-8-10-20(18-27)11-9-19/h8-13,17,21H,3-7,14-16H2,1-2H3. The molecule has 0 aliphatic heterocycles. The first-order valence-electron chi connectivity index (χ1n) is 11.9. The van der Waals surface area contributed by atoms with E-state index in [1.807, 2.05) is 41.9 Å². The first-order valence-corrected chi connectivity index (χ1v) is 13.6. The van der Waals surface area contributed by atoms with E-state index in [0.29, 0.717) is 17.7 Å². The van der Waals surface area contributed by atoms with Crippen molar-refractivity contribution in [1.82, 2.24) is 9.55 Å². The van der Waals surface area contributed by atoms with Crippen molar-refractivity contribution < 1.29 is 17.9 Å². The Labute approximate surface area is 206 Å². The van der Waals surface area contributed by atoms with Gasteiger partial charge in [0.15, 0.2) is 0 Å².